The summed E-state index contributed by atoms with van der Waals surface area (Å²) in [4.78, 5) is 2.08. The van der Waals surface area contributed by atoms with Gasteiger partial charge >= 0.3 is 0 Å². The van der Waals surface area contributed by atoms with Gasteiger partial charge in [-0.1, -0.05) is 30.0 Å². The van der Waals surface area contributed by atoms with Crippen LogP contribution in [0.2, 0.25) is 0 Å². The quantitative estimate of drug-likeness (QED) is 0.713. The molecule has 0 spiro atoms. The maximum atomic E-state index is 6.55. The summed E-state index contributed by atoms with van der Waals surface area (Å²) < 4.78 is 12.8. The summed E-state index contributed by atoms with van der Waals surface area (Å²) in [6.45, 7) is 7.23. The van der Waals surface area contributed by atoms with Crippen LogP contribution in [0.3, 0.4) is 0 Å². The van der Waals surface area contributed by atoms with E-state index in [2.05, 4.69) is 49.6 Å². The summed E-state index contributed by atoms with van der Waals surface area (Å²) in [6.07, 6.45) is 2.07. The first-order valence-corrected chi connectivity index (χ1v) is 8.41. The minimum absolute atomic E-state index is 0. The third-order valence-electron chi connectivity index (χ3n) is 4.92. The van der Waals surface area contributed by atoms with Crippen LogP contribution in [0.4, 0.5) is 0 Å². The van der Waals surface area contributed by atoms with Crippen molar-refractivity contribution in [3.8, 4) is 17.6 Å². The predicted octanol–water partition coefficient (Wildman–Crippen LogP) is 4.07. The first kappa shape index (κ1) is 19.1. The molecule has 0 bridgehead atoms. The van der Waals surface area contributed by atoms with Crippen molar-refractivity contribution in [2.24, 2.45) is 5.92 Å². The second kappa shape index (κ2) is 6.96. The molecule has 0 aliphatic carbocycles. The Kier molecular flexibility index (Phi) is 5.54. The standard InChI is InChI=1S/C20H27NO2.ClH/c1-19(2)16-11-13-20(3,12-8-14-21(4)5)23-18(16)15-9-6-7-10-17(15)22-19;/h6-7,9-10,16,18H,11,13-14H2,1-5H3;1H. The van der Waals surface area contributed by atoms with Crippen molar-refractivity contribution in [3.63, 3.8) is 0 Å². The molecule has 2 aliphatic heterocycles. The molecule has 0 saturated carbocycles. The third kappa shape index (κ3) is 3.72. The lowest BCUT2D eigenvalue weighted by Crippen LogP contribution is -2.50. The molecule has 3 nitrogen and oxygen atoms in total. The lowest BCUT2D eigenvalue weighted by Gasteiger charge is -2.50. The Hall–Kier alpha value is -1.21. The van der Waals surface area contributed by atoms with E-state index in [-0.39, 0.29) is 29.7 Å². The zero-order valence-electron chi connectivity index (χ0n) is 15.3. The number of benzene rings is 1. The minimum Gasteiger partial charge on any atom is -0.487 e. The Morgan fingerprint density at radius 2 is 1.92 bits per heavy atom. The lowest BCUT2D eigenvalue weighted by atomic mass is 9.73. The van der Waals surface area contributed by atoms with Crippen LogP contribution >= 0.6 is 12.4 Å². The molecule has 0 amide bonds. The molecule has 0 N–H and O–H groups in total. The zero-order valence-corrected chi connectivity index (χ0v) is 16.1. The fourth-order valence-corrected chi connectivity index (χ4v) is 3.64. The maximum absolute atomic E-state index is 6.55. The van der Waals surface area contributed by atoms with Gasteiger partial charge in [0.2, 0.25) is 0 Å². The third-order valence-corrected chi connectivity index (χ3v) is 4.92. The molecule has 0 radical (unpaired) electrons. The Morgan fingerprint density at radius 3 is 2.62 bits per heavy atom. The number of nitrogens with zero attached hydrogens (tertiary/aromatic N) is 1. The van der Waals surface area contributed by atoms with Crippen molar-refractivity contribution in [2.45, 2.75) is 50.9 Å². The van der Waals surface area contributed by atoms with Crippen molar-refractivity contribution >= 4 is 12.4 Å². The van der Waals surface area contributed by atoms with Gasteiger partial charge in [-0.05, 0) is 53.8 Å². The Morgan fingerprint density at radius 1 is 1.21 bits per heavy atom. The molecule has 1 aromatic carbocycles. The number of ether oxygens (including phenoxy) is 2. The molecular weight excluding hydrogens is 322 g/mol. The van der Waals surface area contributed by atoms with Gasteiger partial charge in [-0.15, -0.1) is 12.4 Å². The van der Waals surface area contributed by atoms with Gasteiger partial charge in [0.25, 0.3) is 0 Å². The molecule has 2 heterocycles. The van der Waals surface area contributed by atoms with Crippen LogP contribution in [-0.2, 0) is 4.74 Å². The highest BCUT2D eigenvalue weighted by Crippen LogP contribution is 2.52. The predicted molar refractivity (Wildman–Crippen MR) is 99.7 cm³/mol. The average Bonchev–Trinajstić information content (AvgIpc) is 2.46. The highest BCUT2D eigenvalue weighted by molar-refractivity contribution is 5.85. The molecule has 3 rings (SSSR count). The van der Waals surface area contributed by atoms with Crippen molar-refractivity contribution < 1.29 is 9.47 Å². The van der Waals surface area contributed by atoms with Crippen LogP contribution in [0.15, 0.2) is 24.3 Å². The normalized spacial score (nSPS) is 30.1. The lowest BCUT2D eigenvalue weighted by molar-refractivity contribution is -0.169. The van der Waals surface area contributed by atoms with E-state index in [4.69, 9.17) is 9.47 Å². The van der Waals surface area contributed by atoms with E-state index in [1.807, 2.05) is 26.2 Å². The van der Waals surface area contributed by atoms with E-state index in [1.54, 1.807) is 0 Å². The average molecular weight is 350 g/mol. The summed E-state index contributed by atoms with van der Waals surface area (Å²) in [5, 5.41) is 0. The number of rotatable bonds is 1. The van der Waals surface area contributed by atoms with Gasteiger partial charge < -0.3 is 9.47 Å². The summed E-state index contributed by atoms with van der Waals surface area (Å²) in [5.41, 5.74) is 0.576. The van der Waals surface area contributed by atoms with E-state index < -0.39 is 0 Å². The molecule has 1 saturated heterocycles. The van der Waals surface area contributed by atoms with Gasteiger partial charge in [0.05, 0.1) is 12.6 Å². The van der Waals surface area contributed by atoms with Crippen molar-refractivity contribution in [2.75, 3.05) is 20.6 Å². The zero-order chi connectivity index (χ0) is 16.7. The van der Waals surface area contributed by atoms with E-state index in [0.29, 0.717) is 5.92 Å². The second-order valence-corrected chi connectivity index (χ2v) is 7.70. The SMILES string of the molecule is CN(C)CC#CC1(C)CCC2C(O1)c1ccccc1OC2(C)C.Cl. The van der Waals surface area contributed by atoms with Gasteiger partial charge in [0.15, 0.2) is 0 Å². The number of hydrogen-bond donors (Lipinski definition) is 0. The van der Waals surface area contributed by atoms with Gasteiger partial charge in [0.1, 0.15) is 17.0 Å². The van der Waals surface area contributed by atoms with Crippen LogP contribution in [0.1, 0.15) is 45.3 Å². The monoisotopic (exact) mass is 349 g/mol. The van der Waals surface area contributed by atoms with Crippen LogP contribution in [0, 0.1) is 17.8 Å². The van der Waals surface area contributed by atoms with Crippen LogP contribution in [0.25, 0.3) is 0 Å². The molecule has 2 aliphatic rings. The first-order chi connectivity index (χ1) is 10.8. The van der Waals surface area contributed by atoms with Crippen LogP contribution < -0.4 is 4.74 Å². The van der Waals surface area contributed by atoms with Gasteiger partial charge in [-0.25, -0.2) is 0 Å². The smallest absolute Gasteiger partial charge is 0.126 e. The topological polar surface area (TPSA) is 21.7 Å². The van der Waals surface area contributed by atoms with E-state index in [1.165, 1.54) is 0 Å². The van der Waals surface area contributed by atoms with Crippen molar-refractivity contribution in [1.29, 1.82) is 0 Å². The molecular formula is C20H28ClNO2. The molecule has 0 aromatic heterocycles. The van der Waals surface area contributed by atoms with Gasteiger partial charge in [0, 0.05) is 11.5 Å². The molecule has 3 unspecified atom stereocenters. The summed E-state index contributed by atoms with van der Waals surface area (Å²) in [7, 11) is 4.07. The summed E-state index contributed by atoms with van der Waals surface area (Å²) in [5.74, 6) is 7.93. The van der Waals surface area contributed by atoms with Crippen molar-refractivity contribution in [3.05, 3.63) is 29.8 Å². The van der Waals surface area contributed by atoms with E-state index in [9.17, 15) is 0 Å². The van der Waals surface area contributed by atoms with E-state index in [0.717, 1.165) is 30.7 Å². The van der Waals surface area contributed by atoms with Gasteiger partial charge in [-0.2, -0.15) is 0 Å². The fraction of sp³-hybridized carbons (Fsp3) is 0.600. The second-order valence-electron chi connectivity index (χ2n) is 7.70. The maximum Gasteiger partial charge on any atom is 0.126 e. The number of fused-ring (bicyclic) bond motifs is 3. The van der Waals surface area contributed by atoms with Crippen LogP contribution in [-0.4, -0.2) is 36.7 Å². The Labute approximate surface area is 152 Å². The first-order valence-electron chi connectivity index (χ1n) is 8.41. The number of halogens is 1. The Bertz CT molecular complexity index is 647. The van der Waals surface area contributed by atoms with Gasteiger partial charge in [-0.3, -0.25) is 4.90 Å². The van der Waals surface area contributed by atoms with Crippen LogP contribution in [0.5, 0.6) is 5.75 Å². The highest BCUT2D eigenvalue weighted by Gasteiger charge is 2.49. The molecule has 24 heavy (non-hydrogen) atoms. The Balaban J connectivity index is 0.00000208. The largest absolute Gasteiger partial charge is 0.487 e. The molecule has 1 fully saturated rings. The minimum atomic E-state index is -0.377. The molecule has 132 valence electrons. The number of para-hydroxylation sites is 1. The van der Waals surface area contributed by atoms with Crippen molar-refractivity contribution in [1.82, 2.24) is 4.90 Å². The molecule has 4 heteroatoms. The highest BCUT2D eigenvalue weighted by atomic mass is 35.5. The molecule has 3 atom stereocenters. The number of hydrogen-bond acceptors (Lipinski definition) is 3. The van der Waals surface area contributed by atoms with E-state index >= 15 is 0 Å². The summed E-state index contributed by atoms with van der Waals surface area (Å²) in [6, 6.07) is 8.25. The molecule has 1 aromatic rings. The summed E-state index contributed by atoms with van der Waals surface area (Å²) >= 11 is 0. The fourth-order valence-electron chi connectivity index (χ4n) is 3.64.